The van der Waals surface area contributed by atoms with E-state index in [-0.39, 0.29) is 5.28 Å². The summed E-state index contributed by atoms with van der Waals surface area (Å²) in [6.45, 7) is 2.16. The number of hydrogen-bond donors (Lipinski definition) is 0. The Morgan fingerprint density at radius 3 is 2.48 bits per heavy atom. The zero-order chi connectivity index (χ0) is 14.8. The normalized spacial score (nSPS) is 11.0. The lowest BCUT2D eigenvalue weighted by Gasteiger charge is -1.98. The Morgan fingerprint density at radius 1 is 1.00 bits per heavy atom. The smallest absolute Gasteiger partial charge is 0.217 e. The number of aromatic nitrogens is 2. The van der Waals surface area contributed by atoms with Gasteiger partial charge < -0.3 is 0 Å². The third kappa shape index (κ3) is 3.60. The minimum Gasteiger partial charge on any atom is -0.217 e. The van der Waals surface area contributed by atoms with Gasteiger partial charge in [0, 0.05) is 15.8 Å². The van der Waals surface area contributed by atoms with Gasteiger partial charge in [-0.05, 0) is 41.6 Å². The fourth-order valence-corrected chi connectivity index (χ4v) is 5.31. The van der Waals surface area contributed by atoms with Crippen LogP contribution in [0.1, 0.15) is 6.92 Å². The molecule has 0 atom stereocenters. The standard InChI is InChI=1S/C14H10Cl2N2S3/c1-2-19-13-6-5-11(21-13)10-4-3-9(20-10)8-7-12(15)18-14(16)17-8/h3-7H,2H2,1H3. The van der Waals surface area contributed by atoms with E-state index < -0.39 is 0 Å². The van der Waals surface area contributed by atoms with Crippen LogP contribution in [0, 0.1) is 0 Å². The monoisotopic (exact) mass is 372 g/mol. The summed E-state index contributed by atoms with van der Waals surface area (Å²) in [7, 11) is 0. The molecule has 0 aliphatic carbocycles. The molecule has 3 aromatic rings. The first-order valence-corrected chi connectivity index (χ1v) is 9.56. The van der Waals surface area contributed by atoms with E-state index in [4.69, 9.17) is 23.2 Å². The second-order valence-electron chi connectivity index (χ2n) is 4.06. The first kappa shape index (κ1) is 15.3. The Hall–Kier alpha value is -0.590. The van der Waals surface area contributed by atoms with Gasteiger partial charge in [-0.2, -0.15) is 0 Å². The number of nitrogens with zero attached hydrogens (tertiary/aromatic N) is 2. The van der Waals surface area contributed by atoms with Crippen LogP contribution in [0.3, 0.4) is 0 Å². The van der Waals surface area contributed by atoms with Crippen molar-refractivity contribution in [2.75, 3.05) is 5.75 Å². The second kappa shape index (κ2) is 6.67. The predicted molar refractivity (Wildman–Crippen MR) is 95.1 cm³/mol. The summed E-state index contributed by atoms with van der Waals surface area (Å²) in [5, 5.41) is 0.530. The van der Waals surface area contributed by atoms with E-state index in [0.29, 0.717) is 5.15 Å². The van der Waals surface area contributed by atoms with Gasteiger partial charge in [0.25, 0.3) is 0 Å². The lowest BCUT2D eigenvalue weighted by molar-refractivity contribution is 1.18. The van der Waals surface area contributed by atoms with Crippen LogP contribution in [0.5, 0.6) is 0 Å². The van der Waals surface area contributed by atoms with Gasteiger partial charge in [-0.25, -0.2) is 9.97 Å². The van der Waals surface area contributed by atoms with Crippen LogP contribution in [0.2, 0.25) is 10.4 Å². The molecule has 0 bridgehead atoms. The molecule has 108 valence electrons. The number of thioether (sulfide) groups is 1. The minimum atomic E-state index is 0.171. The Kier molecular flexibility index (Phi) is 4.86. The molecule has 0 spiro atoms. The zero-order valence-electron chi connectivity index (χ0n) is 11.0. The summed E-state index contributed by atoms with van der Waals surface area (Å²) in [6.07, 6.45) is 0. The van der Waals surface area contributed by atoms with Crippen LogP contribution in [0.25, 0.3) is 20.3 Å². The van der Waals surface area contributed by atoms with Crippen LogP contribution < -0.4 is 0 Å². The van der Waals surface area contributed by atoms with Crippen molar-refractivity contribution in [3.05, 3.63) is 40.8 Å². The largest absolute Gasteiger partial charge is 0.224 e. The molecule has 3 rings (SSSR count). The molecule has 0 fully saturated rings. The molecule has 2 nitrogen and oxygen atoms in total. The molecule has 0 aliphatic heterocycles. The fraction of sp³-hybridized carbons (Fsp3) is 0.143. The third-order valence-electron chi connectivity index (χ3n) is 2.64. The third-order valence-corrected chi connectivity index (χ3v) is 6.50. The van der Waals surface area contributed by atoms with Crippen LogP contribution >= 0.6 is 57.6 Å². The van der Waals surface area contributed by atoms with Crippen LogP contribution in [0.4, 0.5) is 0 Å². The summed E-state index contributed by atoms with van der Waals surface area (Å²) in [6, 6.07) is 10.2. The molecule has 0 aliphatic rings. The average Bonchev–Trinajstić information content (AvgIpc) is 3.06. The van der Waals surface area contributed by atoms with Crippen molar-refractivity contribution in [2.24, 2.45) is 0 Å². The van der Waals surface area contributed by atoms with Gasteiger partial charge in [0.15, 0.2) is 0 Å². The van der Waals surface area contributed by atoms with Gasteiger partial charge in [0.05, 0.1) is 14.8 Å². The SMILES string of the molecule is CCSc1ccc(-c2ccc(-c3cc(Cl)nc(Cl)n3)s2)s1. The molecule has 0 amide bonds. The van der Waals surface area contributed by atoms with E-state index in [9.17, 15) is 0 Å². The van der Waals surface area contributed by atoms with Gasteiger partial charge in [0.1, 0.15) is 5.15 Å². The highest BCUT2D eigenvalue weighted by Gasteiger charge is 2.10. The molecular formula is C14H10Cl2N2S3. The summed E-state index contributed by atoms with van der Waals surface area (Å²) < 4.78 is 1.34. The molecule has 0 aromatic carbocycles. The topological polar surface area (TPSA) is 25.8 Å². The van der Waals surface area contributed by atoms with Gasteiger partial charge in [-0.1, -0.05) is 18.5 Å². The Labute approximate surface area is 145 Å². The lowest BCUT2D eigenvalue weighted by atomic mass is 10.3. The Balaban J connectivity index is 1.91. The van der Waals surface area contributed by atoms with E-state index in [1.54, 1.807) is 17.4 Å². The molecular weight excluding hydrogens is 363 g/mol. The molecule has 0 unspecified atom stereocenters. The van der Waals surface area contributed by atoms with E-state index >= 15 is 0 Å². The highest BCUT2D eigenvalue weighted by Crippen LogP contribution is 2.39. The summed E-state index contributed by atoms with van der Waals surface area (Å²) in [4.78, 5) is 11.6. The number of rotatable bonds is 4. The highest BCUT2D eigenvalue weighted by molar-refractivity contribution is 8.01. The average molecular weight is 373 g/mol. The summed E-state index contributed by atoms with van der Waals surface area (Å²) in [5.41, 5.74) is 0.760. The second-order valence-corrected chi connectivity index (χ2v) is 8.52. The Morgan fingerprint density at radius 2 is 1.71 bits per heavy atom. The first-order chi connectivity index (χ1) is 10.2. The molecule has 0 saturated carbocycles. The van der Waals surface area contributed by atoms with Gasteiger partial charge in [0.2, 0.25) is 5.28 Å². The minimum absolute atomic E-state index is 0.171. The molecule has 7 heteroatoms. The predicted octanol–water partition coefficient (Wildman–Crippen LogP) is 6.35. The Bertz CT molecular complexity index is 747. The van der Waals surface area contributed by atoms with Gasteiger partial charge in [-0.15, -0.1) is 34.4 Å². The molecule has 21 heavy (non-hydrogen) atoms. The van der Waals surface area contributed by atoms with Crippen molar-refractivity contribution in [3.63, 3.8) is 0 Å². The summed E-state index contributed by atoms with van der Waals surface area (Å²) in [5.74, 6) is 1.09. The van der Waals surface area contributed by atoms with Gasteiger partial charge >= 0.3 is 0 Å². The maximum atomic E-state index is 5.93. The molecule has 0 radical (unpaired) electrons. The fourth-order valence-electron chi connectivity index (χ4n) is 1.80. The lowest BCUT2D eigenvalue weighted by Crippen LogP contribution is -1.85. The molecule has 0 saturated heterocycles. The van der Waals surface area contributed by atoms with E-state index in [0.717, 1.165) is 16.3 Å². The van der Waals surface area contributed by atoms with Crippen LogP contribution in [-0.2, 0) is 0 Å². The van der Waals surface area contributed by atoms with E-state index in [2.05, 4.69) is 35.1 Å². The quantitative estimate of drug-likeness (QED) is 0.303. The van der Waals surface area contributed by atoms with Crippen molar-refractivity contribution < 1.29 is 0 Å². The summed E-state index contributed by atoms with van der Waals surface area (Å²) >= 11 is 17.2. The van der Waals surface area contributed by atoms with Crippen molar-refractivity contribution in [1.29, 1.82) is 0 Å². The molecule has 3 heterocycles. The molecule has 0 N–H and O–H groups in total. The number of thiophene rings is 2. The maximum absolute atomic E-state index is 5.93. The van der Waals surface area contributed by atoms with Crippen molar-refractivity contribution >= 4 is 57.6 Å². The van der Waals surface area contributed by atoms with Crippen molar-refractivity contribution in [3.8, 4) is 20.3 Å². The van der Waals surface area contributed by atoms with Crippen molar-refractivity contribution in [2.45, 2.75) is 11.1 Å². The zero-order valence-corrected chi connectivity index (χ0v) is 14.9. The van der Waals surface area contributed by atoms with Crippen molar-refractivity contribution in [1.82, 2.24) is 9.97 Å². The number of halogens is 2. The van der Waals surface area contributed by atoms with E-state index in [1.807, 2.05) is 29.2 Å². The number of hydrogen-bond acceptors (Lipinski definition) is 5. The maximum Gasteiger partial charge on any atom is 0.224 e. The highest BCUT2D eigenvalue weighted by atomic mass is 35.5. The van der Waals surface area contributed by atoms with E-state index in [1.165, 1.54) is 14.0 Å². The van der Waals surface area contributed by atoms with Crippen LogP contribution in [0.15, 0.2) is 34.5 Å². The van der Waals surface area contributed by atoms with Gasteiger partial charge in [-0.3, -0.25) is 0 Å². The molecule has 3 aromatic heterocycles. The first-order valence-electron chi connectivity index (χ1n) is 6.19. The van der Waals surface area contributed by atoms with Crippen LogP contribution in [-0.4, -0.2) is 15.7 Å².